The first-order valence-electron chi connectivity index (χ1n) is 3.83. The van der Waals surface area contributed by atoms with Gasteiger partial charge >= 0.3 is 0 Å². The van der Waals surface area contributed by atoms with Crippen molar-refractivity contribution in [1.82, 2.24) is 5.32 Å². The second kappa shape index (κ2) is 6.54. The first-order chi connectivity index (χ1) is 5.20. The zero-order valence-corrected chi connectivity index (χ0v) is 6.82. The molecule has 0 aromatic heterocycles. The number of rotatable bonds is 6. The van der Waals surface area contributed by atoms with Crippen LogP contribution in [0.2, 0.25) is 0 Å². The molecule has 2 unspecified atom stereocenters. The molecule has 0 aliphatic heterocycles. The van der Waals surface area contributed by atoms with Gasteiger partial charge in [0, 0.05) is 19.8 Å². The van der Waals surface area contributed by atoms with Crippen LogP contribution in [0.1, 0.15) is 13.3 Å². The zero-order chi connectivity index (χ0) is 8.69. The largest absolute Gasteiger partial charge is 0.396 e. The third kappa shape index (κ3) is 6.25. The second-order valence-corrected chi connectivity index (χ2v) is 2.65. The SMILES string of the molecule is CC(O)NCC(CO)CCO. The summed E-state index contributed by atoms with van der Waals surface area (Å²) in [6.07, 6.45) is 0.0127. The Morgan fingerprint density at radius 3 is 2.36 bits per heavy atom. The van der Waals surface area contributed by atoms with Gasteiger partial charge in [-0.3, -0.25) is 5.32 Å². The van der Waals surface area contributed by atoms with E-state index in [-0.39, 0.29) is 19.1 Å². The van der Waals surface area contributed by atoms with Gasteiger partial charge in [0.2, 0.25) is 0 Å². The number of hydrogen-bond donors (Lipinski definition) is 4. The molecule has 4 nitrogen and oxygen atoms in total. The van der Waals surface area contributed by atoms with Gasteiger partial charge in [-0.25, -0.2) is 0 Å². The molecule has 0 bridgehead atoms. The summed E-state index contributed by atoms with van der Waals surface area (Å²) in [7, 11) is 0. The molecule has 0 aliphatic rings. The van der Waals surface area contributed by atoms with Gasteiger partial charge < -0.3 is 15.3 Å². The molecule has 0 amide bonds. The van der Waals surface area contributed by atoms with Gasteiger partial charge in [-0.1, -0.05) is 0 Å². The van der Waals surface area contributed by atoms with Crippen molar-refractivity contribution in [3.8, 4) is 0 Å². The molecule has 0 aromatic carbocycles. The molecule has 4 heteroatoms. The van der Waals surface area contributed by atoms with Crippen molar-refractivity contribution in [2.45, 2.75) is 19.6 Å². The second-order valence-electron chi connectivity index (χ2n) is 2.65. The van der Waals surface area contributed by atoms with E-state index in [9.17, 15) is 0 Å². The first kappa shape index (κ1) is 10.8. The topological polar surface area (TPSA) is 72.7 Å². The van der Waals surface area contributed by atoms with Crippen molar-refractivity contribution in [1.29, 1.82) is 0 Å². The molecule has 68 valence electrons. The van der Waals surface area contributed by atoms with Crippen LogP contribution in [-0.2, 0) is 0 Å². The highest BCUT2D eigenvalue weighted by atomic mass is 16.3. The van der Waals surface area contributed by atoms with Crippen LogP contribution in [0.25, 0.3) is 0 Å². The number of aliphatic hydroxyl groups is 3. The molecule has 0 aromatic rings. The minimum atomic E-state index is -0.553. The average molecular weight is 163 g/mol. The molecular weight excluding hydrogens is 146 g/mol. The minimum Gasteiger partial charge on any atom is -0.396 e. The fraction of sp³-hybridized carbons (Fsp3) is 1.00. The van der Waals surface area contributed by atoms with E-state index in [1.807, 2.05) is 0 Å². The van der Waals surface area contributed by atoms with Gasteiger partial charge in [-0.2, -0.15) is 0 Å². The van der Waals surface area contributed by atoms with E-state index >= 15 is 0 Å². The Morgan fingerprint density at radius 2 is 2.00 bits per heavy atom. The Morgan fingerprint density at radius 1 is 1.36 bits per heavy atom. The van der Waals surface area contributed by atoms with Crippen molar-refractivity contribution in [2.24, 2.45) is 5.92 Å². The quantitative estimate of drug-likeness (QED) is 0.375. The lowest BCUT2D eigenvalue weighted by Crippen LogP contribution is -2.32. The maximum atomic E-state index is 8.81. The Bertz CT molecular complexity index is 87.8. The van der Waals surface area contributed by atoms with Gasteiger partial charge in [0.25, 0.3) is 0 Å². The molecule has 0 saturated heterocycles. The summed E-state index contributed by atoms with van der Waals surface area (Å²) in [5.74, 6) is 0.0367. The van der Waals surface area contributed by atoms with Crippen molar-refractivity contribution >= 4 is 0 Å². The van der Waals surface area contributed by atoms with E-state index in [1.165, 1.54) is 0 Å². The van der Waals surface area contributed by atoms with Crippen LogP contribution in [0.3, 0.4) is 0 Å². The molecule has 0 saturated carbocycles. The van der Waals surface area contributed by atoms with Gasteiger partial charge in [-0.05, 0) is 19.3 Å². The van der Waals surface area contributed by atoms with E-state index < -0.39 is 6.23 Å². The number of nitrogens with one attached hydrogen (secondary N) is 1. The predicted octanol–water partition coefficient (Wildman–Crippen LogP) is -1.09. The van der Waals surface area contributed by atoms with Crippen LogP contribution in [0.15, 0.2) is 0 Å². The maximum Gasteiger partial charge on any atom is 0.102 e. The van der Waals surface area contributed by atoms with Gasteiger partial charge in [-0.15, -0.1) is 0 Å². The average Bonchev–Trinajstić information content (AvgIpc) is 1.97. The molecule has 0 radical (unpaired) electrons. The summed E-state index contributed by atoms with van der Waals surface area (Å²) in [5, 5.41) is 28.8. The predicted molar refractivity (Wildman–Crippen MR) is 42.0 cm³/mol. The van der Waals surface area contributed by atoms with Gasteiger partial charge in [0.15, 0.2) is 0 Å². The summed E-state index contributed by atoms with van der Waals surface area (Å²) in [5.41, 5.74) is 0. The van der Waals surface area contributed by atoms with Crippen LogP contribution in [0, 0.1) is 5.92 Å². The van der Waals surface area contributed by atoms with E-state index in [1.54, 1.807) is 6.92 Å². The third-order valence-corrected chi connectivity index (χ3v) is 1.50. The van der Waals surface area contributed by atoms with Crippen LogP contribution >= 0.6 is 0 Å². The highest BCUT2D eigenvalue weighted by Gasteiger charge is 2.06. The van der Waals surface area contributed by atoms with Crippen LogP contribution in [0.5, 0.6) is 0 Å². The van der Waals surface area contributed by atoms with Crippen LogP contribution in [0.4, 0.5) is 0 Å². The highest BCUT2D eigenvalue weighted by Crippen LogP contribution is 1.98. The van der Waals surface area contributed by atoms with E-state index in [2.05, 4.69) is 5.32 Å². The Balaban J connectivity index is 3.35. The fourth-order valence-electron chi connectivity index (χ4n) is 0.778. The molecule has 11 heavy (non-hydrogen) atoms. The molecule has 2 atom stereocenters. The smallest absolute Gasteiger partial charge is 0.102 e. The molecule has 0 heterocycles. The van der Waals surface area contributed by atoms with Crippen molar-refractivity contribution in [3.05, 3.63) is 0 Å². The monoisotopic (exact) mass is 163 g/mol. The van der Waals surface area contributed by atoms with Crippen molar-refractivity contribution in [2.75, 3.05) is 19.8 Å². The zero-order valence-electron chi connectivity index (χ0n) is 6.82. The molecule has 0 fully saturated rings. The van der Waals surface area contributed by atoms with Crippen molar-refractivity contribution in [3.63, 3.8) is 0 Å². The summed E-state index contributed by atoms with van der Waals surface area (Å²) in [6, 6.07) is 0. The third-order valence-electron chi connectivity index (χ3n) is 1.50. The first-order valence-corrected chi connectivity index (χ1v) is 3.83. The summed E-state index contributed by atoms with van der Waals surface area (Å²) >= 11 is 0. The van der Waals surface area contributed by atoms with E-state index in [0.29, 0.717) is 13.0 Å². The molecule has 4 N–H and O–H groups in total. The molecular formula is C7H17NO3. The number of aliphatic hydroxyl groups excluding tert-OH is 3. The van der Waals surface area contributed by atoms with Crippen molar-refractivity contribution < 1.29 is 15.3 Å². The lowest BCUT2D eigenvalue weighted by atomic mass is 10.1. The van der Waals surface area contributed by atoms with E-state index in [4.69, 9.17) is 15.3 Å². The molecule has 0 spiro atoms. The number of hydrogen-bond acceptors (Lipinski definition) is 4. The lowest BCUT2D eigenvalue weighted by Gasteiger charge is -2.14. The van der Waals surface area contributed by atoms with Crippen LogP contribution < -0.4 is 5.32 Å². The summed E-state index contributed by atoms with van der Waals surface area (Å²) < 4.78 is 0. The molecule has 0 aliphatic carbocycles. The van der Waals surface area contributed by atoms with Crippen LogP contribution in [-0.4, -0.2) is 41.3 Å². The minimum absolute atomic E-state index is 0.0367. The maximum absolute atomic E-state index is 8.81. The molecule has 0 rings (SSSR count). The summed E-state index contributed by atoms with van der Waals surface area (Å²) in [6.45, 7) is 2.27. The standard InChI is InChI=1S/C7H17NO3/c1-6(11)8-4-7(5-10)2-3-9/h6-11H,2-5H2,1H3. The summed E-state index contributed by atoms with van der Waals surface area (Å²) in [4.78, 5) is 0. The fourth-order valence-corrected chi connectivity index (χ4v) is 0.778. The Hall–Kier alpha value is -0.160. The van der Waals surface area contributed by atoms with Gasteiger partial charge in [0.1, 0.15) is 6.23 Å². The highest BCUT2D eigenvalue weighted by molar-refractivity contribution is 4.60. The normalized spacial score (nSPS) is 16.4. The van der Waals surface area contributed by atoms with Gasteiger partial charge in [0.05, 0.1) is 0 Å². The lowest BCUT2D eigenvalue weighted by molar-refractivity contribution is 0.127. The Labute approximate surface area is 66.9 Å². The van der Waals surface area contributed by atoms with E-state index in [0.717, 1.165) is 0 Å². The Kier molecular flexibility index (Phi) is 6.45.